The number of rotatable bonds is 6. The Hall–Kier alpha value is -4.65. The Kier molecular flexibility index (Phi) is 5.54. The maximum atomic E-state index is 12.1. The third-order valence-corrected chi connectivity index (χ3v) is 5.80. The molecule has 33 heavy (non-hydrogen) atoms. The van der Waals surface area contributed by atoms with Crippen molar-refractivity contribution in [2.45, 2.75) is 4.90 Å². The molecule has 1 heterocycles. The summed E-state index contributed by atoms with van der Waals surface area (Å²) < 4.78 is 33.5. The second kappa shape index (κ2) is 8.47. The molecule has 3 aromatic carbocycles. The van der Waals surface area contributed by atoms with Gasteiger partial charge in [0.2, 0.25) is 5.90 Å². The van der Waals surface area contributed by atoms with Crippen molar-refractivity contribution >= 4 is 39.2 Å². The Morgan fingerprint density at radius 3 is 2.39 bits per heavy atom. The minimum atomic E-state index is -3.79. The highest BCUT2D eigenvalue weighted by Crippen LogP contribution is 2.29. The van der Waals surface area contributed by atoms with Crippen LogP contribution in [0.1, 0.15) is 11.1 Å². The predicted molar refractivity (Wildman–Crippen MR) is 118 cm³/mol. The zero-order valence-corrected chi connectivity index (χ0v) is 17.3. The third kappa shape index (κ3) is 4.52. The number of hydrogen-bond acceptors (Lipinski definition) is 9. The molecule has 3 aromatic rings. The van der Waals surface area contributed by atoms with Crippen molar-refractivity contribution in [3.8, 4) is 5.75 Å². The standard InChI is InChI=1S/C20H13N5O7S/c26-24(27)14-7-10-17(18(11-14)25(28)29)22-21-12-13-5-8-15(9-6-13)32-20-16-3-1-2-4-19(16)33(30,31)23-20/h1-12,22H/b21-12+. The van der Waals surface area contributed by atoms with E-state index >= 15 is 0 Å². The number of benzene rings is 3. The fraction of sp³-hybridized carbons (Fsp3) is 0. The van der Waals surface area contributed by atoms with Gasteiger partial charge in [0.15, 0.2) is 0 Å². The first-order valence-electron chi connectivity index (χ1n) is 9.19. The first-order valence-corrected chi connectivity index (χ1v) is 10.6. The second-order valence-electron chi connectivity index (χ2n) is 6.62. The summed E-state index contributed by atoms with van der Waals surface area (Å²) in [4.78, 5) is 20.6. The fourth-order valence-electron chi connectivity index (χ4n) is 2.94. The molecule has 0 atom stereocenters. The number of sulfonamides is 1. The molecule has 0 spiro atoms. The summed E-state index contributed by atoms with van der Waals surface area (Å²) >= 11 is 0. The Labute approximate surface area is 186 Å². The lowest BCUT2D eigenvalue weighted by molar-refractivity contribution is -0.393. The normalized spacial score (nSPS) is 13.9. The van der Waals surface area contributed by atoms with Crippen LogP contribution in [0.2, 0.25) is 0 Å². The van der Waals surface area contributed by atoms with Crippen molar-refractivity contribution < 1.29 is 23.0 Å². The van der Waals surface area contributed by atoms with Crippen molar-refractivity contribution in [3.63, 3.8) is 0 Å². The van der Waals surface area contributed by atoms with Gasteiger partial charge in [-0.3, -0.25) is 25.7 Å². The maximum absolute atomic E-state index is 12.1. The number of anilines is 1. The molecule has 166 valence electrons. The summed E-state index contributed by atoms with van der Waals surface area (Å²) in [5.74, 6) is 0.316. The average Bonchev–Trinajstić information content (AvgIpc) is 3.05. The van der Waals surface area contributed by atoms with Crippen LogP contribution >= 0.6 is 0 Å². The summed E-state index contributed by atoms with van der Waals surface area (Å²) in [6, 6.07) is 15.9. The lowest BCUT2D eigenvalue weighted by Gasteiger charge is -2.05. The molecule has 0 saturated heterocycles. The van der Waals surface area contributed by atoms with E-state index in [-0.39, 0.29) is 16.5 Å². The molecule has 4 rings (SSSR count). The lowest BCUT2D eigenvalue weighted by atomic mass is 10.2. The molecule has 0 aromatic heterocycles. The van der Waals surface area contributed by atoms with Crippen LogP contribution < -0.4 is 10.2 Å². The Balaban J connectivity index is 1.46. The van der Waals surface area contributed by atoms with Gasteiger partial charge in [-0.2, -0.15) is 13.5 Å². The van der Waals surface area contributed by atoms with Crippen molar-refractivity contribution in [3.05, 3.63) is 98.1 Å². The molecule has 0 unspecified atom stereocenters. The molecule has 0 saturated carbocycles. The smallest absolute Gasteiger partial charge is 0.301 e. The van der Waals surface area contributed by atoms with Gasteiger partial charge in [-0.1, -0.05) is 12.1 Å². The number of nitrogens with zero attached hydrogens (tertiary/aromatic N) is 4. The number of hydrazone groups is 1. The SMILES string of the molecule is O=[N+]([O-])c1ccc(N/N=C/c2ccc(OC3=NS(=O)(=O)c4ccccc43)cc2)c([N+](=O)[O-])c1. The van der Waals surface area contributed by atoms with Crippen molar-refractivity contribution in [1.82, 2.24) is 0 Å². The molecule has 0 bridgehead atoms. The third-order valence-electron chi connectivity index (χ3n) is 4.48. The molecule has 0 radical (unpaired) electrons. The van der Waals surface area contributed by atoms with Gasteiger partial charge in [0, 0.05) is 6.07 Å². The fourth-order valence-corrected chi connectivity index (χ4v) is 4.07. The van der Waals surface area contributed by atoms with E-state index in [9.17, 15) is 28.6 Å². The Morgan fingerprint density at radius 1 is 0.970 bits per heavy atom. The van der Waals surface area contributed by atoms with Crippen LogP contribution in [-0.2, 0) is 10.0 Å². The molecule has 1 aliphatic rings. The average molecular weight is 467 g/mol. The van der Waals surface area contributed by atoms with Crippen molar-refractivity contribution in [2.24, 2.45) is 9.50 Å². The van der Waals surface area contributed by atoms with E-state index in [2.05, 4.69) is 14.9 Å². The van der Waals surface area contributed by atoms with Crippen LogP contribution in [0.15, 0.2) is 81.1 Å². The van der Waals surface area contributed by atoms with Gasteiger partial charge >= 0.3 is 5.69 Å². The number of nitro groups is 2. The highest BCUT2D eigenvalue weighted by Gasteiger charge is 2.30. The largest absolute Gasteiger partial charge is 0.438 e. The van der Waals surface area contributed by atoms with Gasteiger partial charge in [0.1, 0.15) is 16.3 Å². The molecule has 1 N–H and O–H groups in total. The van der Waals surface area contributed by atoms with Gasteiger partial charge in [0.05, 0.1) is 27.7 Å². The monoisotopic (exact) mass is 467 g/mol. The molecular formula is C20H13N5O7S. The Morgan fingerprint density at radius 2 is 1.70 bits per heavy atom. The van der Waals surface area contributed by atoms with Crippen LogP contribution in [0.25, 0.3) is 0 Å². The quantitative estimate of drug-likeness (QED) is 0.327. The summed E-state index contributed by atoms with van der Waals surface area (Å²) in [6.07, 6.45) is 1.38. The van der Waals surface area contributed by atoms with Gasteiger partial charge in [0.25, 0.3) is 15.7 Å². The van der Waals surface area contributed by atoms with Crippen LogP contribution in [0.4, 0.5) is 17.1 Å². The van der Waals surface area contributed by atoms with Crippen LogP contribution in [0, 0.1) is 20.2 Å². The predicted octanol–water partition coefficient (Wildman–Crippen LogP) is 3.48. The number of non-ortho nitro benzene ring substituents is 1. The minimum absolute atomic E-state index is 0.0130. The molecule has 12 nitrogen and oxygen atoms in total. The number of nitrogens with one attached hydrogen (secondary N) is 1. The number of fused-ring (bicyclic) bond motifs is 1. The zero-order chi connectivity index (χ0) is 23.6. The molecule has 13 heteroatoms. The first-order chi connectivity index (χ1) is 15.7. The highest BCUT2D eigenvalue weighted by molar-refractivity contribution is 7.90. The molecule has 0 fully saturated rings. The molecule has 0 amide bonds. The van der Waals surface area contributed by atoms with E-state index in [1.54, 1.807) is 42.5 Å². The van der Waals surface area contributed by atoms with Gasteiger partial charge in [-0.25, -0.2) is 0 Å². The minimum Gasteiger partial charge on any atom is -0.438 e. The van der Waals surface area contributed by atoms with E-state index in [0.29, 0.717) is 16.9 Å². The highest BCUT2D eigenvalue weighted by atomic mass is 32.2. The van der Waals surface area contributed by atoms with Crippen LogP contribution in [0.3, 0.4) is 0 Å². The number of nitro benzene ring substituents is 2. The van der Waals surface area contributed by atoms with Gasteiger partial charge in [-0.15, -0.1) is 4.40 Å². The van der Waals surface area contributed by atoms with Crippen molar-refractivity contribution in [1.29, 1.82) is 0 Å². The molecular weight excluding hydrogens is 454 g/mol. The summed E-state index contributed by atoms with van der Waals surface area (Å²) in [6.45, 7) is 0. The summed E-state index contributed by atoms with van der Waals surface area (Å²) in [5.41, 5.74) is 2.55. The topological polar surface area (TPSA) is 166 Å². The maximum Gasteiger partial charge on any atom is 0.301 e. The second-order valence-corrected chi connectivity index (χ2v) is 8.20. The Bertz CT molecular complexity index is 1430. The lowest BCUT2D eigenvalue weighted by Crippen LogP contribution is -2.07. The van der Waals surface area contributed by atoms with E-state index in [4.69, 9.17) is 4.74 Å². The molecule has 1 aliphatic heterocycles. The van der Waals surface area contributed by atoms with Gasteiger partial charge < -0.3 is 4.74 Å². The van der Waals surface area contributed by atoms with Crippen molar-refractivity contribution in [2.75, 3.05) is 5.43 Å². The van der Waals surface area contributed by atoms with E-state index < -0.39 is 31.2 Å². The zero-order valence-electron chi connectivity index (χ0n) is 16.5. The van der Waals surface area contributed by atoms with E-state index in [0.717, 1.165) is 12.1 Å². The van der Waals surface area contributed by atoms with Crippen LogP contribution in [0.5, 0.6) is 5.75 Å². The summed E-state index contributed by atoms with van der Waals surface area (Å²) in [5, 5.41) is 25.9. The summed E-state index contributed by atoms with van der Waals surface area (Å²) in [7, 11) is -3.79. The van der Waals surface area contributed by atoms with Crippen LogP contribution in [-0.4, -0.2) is 30.4 Å². The molecule has 0 aliphatic carbocycles. The number of ether oxygens (including phenoxy) is 1. The number of hydrogen-bond donors (Lipinski definition) is 1. The van der Waals surface area contributed by atoms with E-state index in [1.807, 2.05) is 0 Å². The first kappa shape index (κ1) is 21.6. The van der Waals surface area contributed by atoms with E-state index in [1.165, 1.54) is 18.3 Å². The van der Waals surface area contributed by atoms with Gasteiger partial charge in [-0.05, 0) is 48.0 Å².